The lowest BCUT2D eigenvalue weighted by molar-refractivity contribution is -0.128. The average molecular weight is 207 g/mol. The number of carbonyl (C=O) groups is 1. The number of hydrogen-bond donors (Lipinski definition) is 1. The van der Waals surface area contributed by atoms with Crippen LogP contribution in [-0.4, -0.2) is 26.7 Å². The van der Waals surface area contributed by atoms with Crippen LogP contribution >= 0.6 is 0 Å². The van der Waals surface area contributed by atoms with Crippen LogP contribution < -0.4 is 5.73 Å². The molecule has 0 rings (SSSR count). The van der Waals surface area contributed by atoms with Crippen LogP contribution in [0.3, 0.4) is 0 Å². The van der Waals surface area contributed by atoms with E-state index in [0.29, 0.717) is 0 Å². The van der Waals surface area contributed by atoms with E-state index >= 15 is 0 Å². The van der Waals surface area contributed by atoms with E-state index in [1.807, 2.05) is 0 Å². The van der Waals surface area contributed by atoms with Gasteiger partial charge >= 0.3 is 16.1 Å². The Balaban J connectivity index is 4.25. The second kappa shape index (κ2) is 4.98. The first-order valence-corrected chi connectivity index (χ1v) is 5.27. The number of rotatable bonds is 5. The van der Waals surface area contributed by atoms with Gasteiger partial charge in [-0.3, -0.25) is 0 Å². The normalized spacial score (nSPS) is 13.4. The molecule has 0 aromatic carbocycles. The highest BCUT2D eigenvalue weighted by Crippen LogP contribution is 2.02. The number of carbonyl (C=O) groups excluding carboxylic acids is 1. The molecule has 2 N–H and O–H groups in total. The van der Waals surface area contributed by atoms with Gasteiger partial charge in [0.05, 0.1) is 5.75 Å². The van der Waals surface area contributed by atoms with Crippen LogP contribution in [0.25, 0.3) is 0 Å². The maximum Gasteiger partial charge on any atom is 0.345 e. The Morgan fingerprint density at radius 2 is 2.23 bits per heavy atom. The van der Waals surface area contributed by atoms with Crippen LogP contribution in [0.2, 0.25) is 0 Å². The lowest BCUT2D eigenvalue weighted by atomic mass is 10.2. The van der Waals surface area contributed by atoms with E-state index in [4.69, 9.17) is 5.73 Å². The molecule has 0 radical (unpaired) electrons. The highest BCUT2D eigenvalue weighted by atomic mass is 32.2. The average Bonchev–Trinajstić information content (AvgIpc) is 2.02. The summed E-state index contributed by atoms with van der Waals surface area (Å²) in [6, 6.07) is 0. The van der Waals surface area contributed by atoms with Crippen molar-refractivity contribution in [1.29, 1.82) is 0 Å². The quantitative estimate of drug-likeness (QED) is 0.491. The number of nitrogens with two attached hydrogens (primary N) is 1. The van der Waals surface area contributed by atoms with Crippen molar-refractivity contribution < 1.29 is 17.4 Å². The second-order valence-corrected chi connectivity index (χ2v) is 4.29. The molecule has 76 valence electrons. The molecule has 0 heterocycles. The summed E-state index contributed by atoms with van der Waals surface area (Å²) in [4.78, 5) is 10.5. The molecule has 0 spiro atoms. The highest BCUT2D eigenvalue weighted by Gasteiger charge is 2.18. The van der Waals surface area contributed by atoms with Crippen LogP contribution in [-0.2, 0) is 19.1 Å². The molecule has 0 saturated heterocycles. The van der Waals surface area contributed by atoms with E-state index in [1.54, 1.807) is 6.92 Å². The summed E-state index contributed by atoms with van der Waals surface area (Å²) >= 11 is 0. The van der Waals surface area contributed by atoms with Crippen molar-refractivity contribution in [3.05, 3.63) is 12.7 Å². The molecule has 0 saturated carbocycles. The topological polar surface area (TPSA) is 86.5 Å². The summed E-state index contributed by atoms with van der Waals surface area (Å²) in [6.45, 7) is 4.96. The van der Waals surface area contributed by atoms with Crippen molar-refractivity contribution in [3.8, 4) is 0 Å². The van der Waals surface area contributed by atoms with Crippen LogP contribution in [0.5, 0.6) is 0 Å². The Bertz CT molecular complexity index is 283. The lowest BCUT2D eigenvalue weighted by Gasteiger charge is -2.07. The zero-order valence-corrected chi connectivity index (χ0v) is 8.21. The first-order chi connectivity index (χ1) is 5.91. The molecule has 0 unspecified atom stereocenters. The SMILES string of the molecule is C=CC(=O)OS(=O)(=O)C[C@H](C)CN. The van der Waals surface area contributed by atoms with E-state index in [-0.39, 0.29) is 18.2 Å². The standard InChI is InChI=1S/C7H13NO4S/c1-3-7(9)12-13(10,11)5-6(2)4-8/h3,6H,1,4-5,8H2,2H3/t6-/m1/s1. The molecule has 13 heavy (non-hydrogen) atoms. The van der Waals surface area contributed by atoms with Gasteiger partial charge in [-0.2, -0.15) is 8.42 Å². The first kappa shape index (κ1) is 12.1. The summed E-state index contributed by atoms with van der Waals surface area (Å²) in [5.41, 5.74) is 5.22. The molecule has 0 aromatic rings. The molecule has 0 aliphatic heterocycles. The molecular formula is C7H13NO4S. The smallest absolute Gasteiger partial charge is 0.342 e. The number of hydrogen-bond acceptors (Lipinski definition) is 5. The predicted molar refractivity (Wildman–Crippen MR) is 48.3 cm³/mol. The molecule has 0 aliphatic rings. The molecular weight excluding hydrogens is 194 g/mol. The van der Waals surface area contributed by atoms with Crippen molar-refractivity contribution in [3.63, 3.8) is 0 Å². The molecule has 1 atom stereocenters. The Kier molecular flexibility index (Phi) is 4.64. The van der Waals surface area contributed by atoms with Gasteiger partial charge in [-0.15, -0.1) is 0 Å². The third kappa shape index (κ3) is 5.37. The summed E-state index contributed by atoms with van der Waals surface area (Å²) in [6.07, 6.45) is 0.796. The largest absolute Gasteiger partial charge is 0.345 e. The van der Waals surface area contributed by atoms with E-state index in [0.717, 1.165) is 6.08 Å². The third-order valence-electron chi connectivity index (χ3n) is 1.27. The fourth-order valence-corrected chi connectivity index (χ4v) is 1.83. The molecule has 5 nitrogen and oxygen atoms in total. The van der Waals surface area contributed by atoms with Crippen LogP contribution in [0.15, 0.2) is 12.7 Å². The highest BCUT2D eigenvalue weighted by molar-refractivity contribution is 7.87. The summed E-state index contributed by atoms with van der Waals surface area (Å²) in [5, 5.41) is 0. The summed E-state index contributed by atoms with van der Waals surface area (Å²) in [7, 11) is -3.81. The van der Waals surface area contributed by atoms with Gasteiger partial charge < -0.3 is 9.92 Å². The van der Waals surface area contributed by atoms with Crippen molar-refractivity contribution in [2.45, 2.75) is 6.92 Å². The lowest BCUT2D eigenvalue weighted by Crippen LogP contribution is -2.23. The predicted octanol–water partition coefficient (Wildman–Crippen LogP) is -0.360. The van der Waals surface area contributed by atoms with Crippen LogP contribution in [0.1, 0.15) is 6.92 Å². The molecule has 6 heteroatoms. The maximum absolute atomic E-state index is 11.0. The van der Waals surface area contributed by atoms with Crippen LogP contribution in [0.4, 0.5) is 0 Å². The molecule has 0 aromatic heterocycles. The maximum atomic E-state index is 11.0. The van der Waals surface area contributed by atoms with E-state index < -0.39 is 16.1 Å². The fourth-order valence-electron chi connectivity index (χ4n) is 0.610. The Morgan fingerprint density at radius 1 is 1.69 bits per heavy atom. The van der Waals surface area contributed by atoms with Gasteiger partial charge in [-0.05, 0) is 12.5 Å². The van der Waals surface area contributed by atoms with Crippen molar-refractivity contribution in [2.75, 3.05) is 12.3 Å². The minimum absolute atomic E-state index is 0.227. The fraction of sp³-hybridized carbons (Fsp3) is 0.571. The second-order valence-electron chi connectivity index (χ2n) is 2.67. The molecule has 0 amide bonds. The van der Waals surface area contributed by atoms with Gasteiger partial charge in [-0.25, -0.2) is 4.79 Å². The van der Waals surface area contributed by atoms with Gasteiger partial charge in [0.25, 0.3) is 0 Å². The van der Waals surface area contributed by atoms with E-state index in [9.17, 15) is 13.2 Å². The van der Waals surface area contributed by atoms with Gasteiger partial charge in [-0.1, -0.05) is 13.5 Å². The zero-order valence-electron chi connectivity index (χ0n) is 7.39. The van der Waals surface area contributed by atoms with Crippen molar-refractivity contribution >= 4 is 16.1 Å². The van der Waals surface area contributed by atoms with Crippen molar-refractivity contribution in [2.24, 2.45) is 11.7 Å². The third-order valence-corrected chi connectivity index (χ3v) is 2.66. The van der Waals surface area contributed by atoms with Crippen LogP contribution in [0, 0.1) is 5.92 Å². The van der Waals surface area contributed by atoms with Gasteiger partial charge in [0.15, 0.2) is 0 Å². The minimum atomic E-state index is -3.81. The van der Waals surface area contributed by atoms with Gasteiger partial charge in [0.2, 0.25) is 0 Å². The zero-order chi connectivity index (χ0) is 10.5. The first-order valence-electron chi connectivity index (χ1n) is 3.70. The van der Waals surface area contributed by atoms with Gasteiger partial charge in [0.1, 0.15) is 0 Å². The monoisotopic (exact) mass is 207 g/mol. The Labute approximate surface area is 77.7 Å². The molecule has 0 bridgehead atoms. The Morgan fingerprint density at radius 3 is 2.62 bits per heavy atom. The van der Waals surface area contributed by atoms with Gasteiger partial charge in [0, 0.05) is 6.08 Å². The molecule has 0 aliphatic carbocycles. The summed E-state index contributed by atoms with van der Waals surface area (Å²) < 4.78 is 26.2. The summed E-state index contributed by atoms with van der Waals surface area (Å²) in [5.74, 6) is -1.46. The molecule has 0 fully saturated rings. The van der Waals surface area contributed by atoms with E-state index in [2.05, 4.69) is 10.8 Å². The van der Waals surface area contributed by atoms with E-state index in [1.165, 1.54) is 0 Å². The Hall–Kier alpha value is -0.880. The minimum Gasteiger partial charge on any atom is -0.342 e. The van der Waals surface area contributed by atoms with Crippen molar-refractivity contribution in [1.82, 2.24) is 0 Å².